The number of rotatable bonds is 7. The minimum Gasteiger partial charge on any atom is -0.495 e. The monoisotopic (exact) mass is 391 g/mol. The maximum absolute atomic E-state index is 6.18. The van der Waals surface area contributed by atoms with E-state index < -0.39 is 0 Å². The zero-order valence-electron chi connectivity index (χ0n) is 15.2. The smallest absolute Gasteiger partial charge is 0.326 e. The molecule has 8 nitrogen and oxygen atoms in total. The second-order valence-corrected chi connectivity index (χ2v) is 5.68. The number of hydrogen-bond donors (Lipinski definition) is 1. The second kappa shape index (κ2) is 8.05. The molecule has 1 heterocycles. The van der Waals surface area contributed by atoms with Crippen molar-refractivity contribution >= 4 is 23.3 Å². The van der Waals surface area contributed by atoms with Gasteiger partial charge in [-0.3, -0.25) is 0 Å². The van der Waals surface area contributed by atoms with E-state index in [2.05, 4.69) is 15.5 Å². The minimum atomic E-state index is 0.161. The highest BCUT2D eigenvalue weighted by Gasteiger charge is 2.18. The minimum absolute atomic E-state index is 0.161. The summed E-state index contributed by atoms with van der Waals surface area (Å²) in [5.74, 6) is 2.42. The zero-order valence-corrected chi connectivity index (χ0v) is 16.0. The number of hydrogen-bond acceptors (Lipinski definition) is 8. The van der Waals surface area contributed by atoms with Crippen LogP contribution in [0.15, 0.2) is 34.9 Å². The van der Waals surface area contributed by atoms with Gasteiger partial charge in [-0.25, -0.2) is 0 Å². The van der Waals surface area contributed by atoms with Crippen LogP contribution in [0, 0.1) is 0 Å². The molecule has 0 amide bonds. The number of halogens is 1. The number of aromatic nitrogens is 2. The van der Waals surface area contributed by atoms with Gasteiger partial charge < -0.3 is 28.8 Å². The number of para-hydroxylation sites is 1. The Morgan fingerprint density at radius 3 is 2.33 bits per heavy atom. The van der Waals surface area contributed by atoms with Crippen LogP contribution in [0.2, 0.25) is 5.02 Å². The molecule has 0 bridgehead atoms. The maximum atomic E-state index is 6.18. The molecule has 0 aliphatic carbocycles. The predicted molar refractivity (Wildman–Crippen MR) is 101 cm³/mol. The van der Waals surface area contributed by atoms with Gasteiger partial charge in [0, 0.05) is 6.07 Å². The van der Waals surface area contributed by atoms with E-state index in [-0.39, 0.29) is 6.01 Å². The molecule has 0 radical (unpaired) electrons. The third-order valence-electron chi connectivity index (χ3n) is 3.79. The molecular weight excluding hydrogens is 374 g/mol. The van der Waals surface area contributed by atoms with Crippen LogP contribution in [0.3, 0.4) is 0 Å². The Morgan fingerprint density at radius 2 is 1.67 bits per heavy atom. The molecule has 0 unspecified atom stereocenters. The van der Waals surface area contributed by atoms with Crippen molar-refractivity contribution in [2.24, 2.45) is 0 Å². The molecule has 3 rings (SSSR count). The lowest BCUT2D eigenvalue weighted by Gasteiger charge is -2.11. The first-order chi connectivity index (χ1) is 13.1. The highest BCUT2D eigenvalue weighted by atomic mass is 35.5. The van der Waals surface area contributed by atoms with E-state index in [4.69, 9.17) is 35.1 Å². The quantitative estimate of drug-likeness (QED) is 0.642. The van der Waals surface area contributed by atoms with Crippen LogP contribution in [0.4, 0.5) is 11.7 Å². The third kappa shape index (κ3) is 3.70. The first-order valence-corrected chi connectivity index (χ1v) is 8.22. The third-order valence-corrected chi connectivity index (χ3v) is 4.08. The topological polar surface area (TPSA) is 87.9 Å². The summed E-state index contributed by atoms with van der Waals surface area (Å²) in [7, 11) is 6.17. The van der Waals surface area contributed by atoms with Gasteiger partial charge in [0.1, 0.15) is 11.5 Å². The molecule has 3 aromatic rings. The van der Waals surface area contributed by atoms with Gasteiger partial charge in [0.25, 0.3) is 0 Å². The van der Waals surface area contributed by atoms with Crippen molar-refractivity contribution in [2.45, 2.75) is 0 Å². The van der Waals surface area contributed by atoms with Crippen molar-refractivity contribution in [1.82, 2.24) is 10.1 Å². The summed E-state index contributed by atoms with van der Waals surface area (Å²) < 4.78 is 26.5. The summed E-state index contributed by atoms with van der Waals surface area (Å²) in [6, 6.07) is 8.87. The van der Waals surface area contributed by atoms with E-state index in [0.717, 1.165) is 0 Å². The molecule has 1 aromatic heterocycles. The van der Waals surface area contributed by atoms with Gasteiger partial charge in [0.2, 0.25) is 5.82 Å². The molecule has 0 aliphatic heterocycles. The van der Waals surface area contributed by atoms with Gasteiger partial charge in [0.05, 0.1) is 44.7 Å². The van der Waals surface area contributed by atoms with Crippen LogP contribution in [0.5, 0.6) is 23.0 Å². The first kappa shape index (κ1) is 18.7. The van der Waals surface area contributed by atoms with Crippen molar-refractivity contribution < 1.29 is 23.5 Å². The van der Waals surface area contributed by atoms with Crippen molar-refractivity contribution in [3.8, 4) is 34.4 Å². The van der Waals surface area contributed by atoms with Crippen molar-refractivity contribution in [2.75, 3.05) is 33.8 Å². The normalized spacial score (nSPS) is 10.4. The zero-order chi connectivity index (χ0) is 19.4. The Morgan fingerprint density at radius 1 is 0.926 bits per heavy atom. The standard InChI is InChI=1S/C18H18ClN3O5/c1-23-13-7-5-6-10(16(13)26-4)17-21-18(27-22-17)20-12-8-11(19)14(24-2)9-15(12)25-3/h5-9H,1-4H3,(H,20,21,22). The van der Waals surface area contributed by atoms with Crippen molar-refractivity contribution in [3.63, 3.8) is 0 Å². The Hall–Kier alpha value is -3.13. The van der Waals surface area contributed by atoms with E-state index in [0.29, 0.717) is 45.1 Å². The number of methoxy groups -OCH3 is 4. The van der Waals surface area contributed by atoms with Crippen LogP contribution in [-0.4, -0.2) is 38.6 Å². The fraction of sp³-hybridized carbons (Fsp3) is 0.222. The van der Waals surface area contributed by atoms with Gasteiger partial charge in [0.15, 0.2) is 11.5 Å². The Labute approximate surface area is 160 Å². The summed E-state index contributed by atoms with van der Waals surface area (Å²) in [5.41, 5.74) is 1.18. The highest BCUT2D eigenvalue weighted by Crippen LogP contribution is 2.39. The molecule has 0 saturated carbocycles. The van der Waals surface area contributed by atoms with Gasteiger partial charge in [-0.2, -0.15) is 4.98 Å². The van der Waals surface area contributed by atoms with Crippen molar-refractivity contribution in [1.29, 1.82) is 0 Å². The summed E-state index contributed by atoms with van der Waals surface area (Å²) in [4.78, 5) is 4.35. The van der Waals surface area contributed by atoms with E-state index in [9.17, 15) is 0 Å². The summed E-state index contributed by atoms with van der Waals surface area (Å²) >= 11 is 6.18. The molecule has 9 heteroatoms. The molecular formula is C18H18ClN3O5. The summed E-state index contributed by atoms with van der Waals surface area (Å²) in [6.45, 7) is 0. The van der Waals surface area contributed by atoms with E-state index in [1.165, 1.54) is 14.2 Å². The molecule has 0 saturated heterocycles. The predicted octanol–water partition coefficient (Wildman–Crippen LogP) is 4.17. The second-order valence-electron chi connectivity index (χ2n) is 5.28. The molecule has 0 atom stereocenters. The number of ether oxygens (including phenoxy) is 4. The molecule has 0 aliphatic rings. The van der Waals surface area contributed by atoms with Crippen LogP contribution in [0.25, 0.3) is 11.4 Å². The lowest BCUT2D eigenvalue weighted by Crippen LogP contribution is -1.97. The molecule has 2 aromatic carbocycles. The van der Waals surface area contributed by atoms with E-state index >= 15 is 0 Å². The van der Waals surface area contributed by atoms with E-state index in [1.807, 2.05) is 6.07 Å². The summed E-state index contributed by atoms with van der Waals surface area (Å²) in [6.07, 6.45) is 0. The highest BCUT2D eigenvalue weighted by molar-refractivity contribution is 6.32. The van der Waals surface area contributed by atoms with Crippen LogP contribution < -0.4 is 24.3 Å². The average molecular weight is 392 g/mol. The molecule has 142 valence electrons. The van der Waals surface area contributed by atoms with Crippen LogP contribution in [0.1, 0.15) is 0 Å². The SMILES string of the molecule is COc1cc(OC)c(Nc2nc(-c3cccc(OC)c3OC)no2)cc1Cl. The molecule has 1 N–H and O–H groups in total. The average Bonchev–Trinajstić information content (AvgIpc) is 3.15. The molecule has 0 spiro atoms. The summed E-state index contributed by atoms with van der Waals surface area (Å²) in [5, 5.41) is 7.40. The number of nitrogens with zero attached hydrogens (tertiary/aromatic N) is 2. The fourth-order valence-corrected chi connectivity index (χ4v) is 2.76. The van der Waals surface area contributed by atoms with E-state index in [1.54, 1.807) is 38.5 Å². The number of benzene rings is 2. The number of anilines is 2. The Bertz CT molecular complexity index is 945. The van der Waals surface area contributed by atoms with Gasteiger partial charge in [-0.15, -0.1) is 0 Å². The lowest BCUT2D eigenvalue weighted by molar-refractivity contribution is 0.355. The first-order valence-electron chi connectivity index (χ1n) is 7.84. The van der Waals surface area contributed by atoms with Gasteiger partial charge in [-0.05, 0) is 18.2 Å². The van der Waals surface area contributed by atoms with Gasteiger partial charge in [-0.1, -0.05) is 22.8 Å². The molecule has 27 heavy (non-hydrogen) atoms. The largest absolute Gasteiger partial charge is 0.495 e. The Balaban J connectivity index is 1.93. The fourth-order valence-electron chi connectivity index (χ4n) is 2.52. The van der Waals surface area contributed by atoms with Gasteiger partial charge >= 0.3 is 6.01 Å². The van der Waals surface area contributed by atoms with Crippen LogP contribution in [-0.2, 0) is 0 Å². The maximum Gasteiger partial charge on any atom is 0.326 e. The van der Waals surface area contributed by atoms with Crippen molar-refractivity contribution in [3.05, 3.63) is 35.4 Å². The Kier molecular flexibility index (Phi) is 5.56. The lowest BCUT2D eigenvalue weighted by atomic mass is 10.2. The molecule has 0 fully saturated rings. The van der Waals surface area contributed by atoms with Crippen LogP contribution >= 0.6 is 11.6 Å². The number of nitrogens with one attached hydrogen (secondary N) is 1.